The fourth-order valence-corrected chi connectivity index (χ4v) is 5.44. The van der Waals surface area contributed by atoms with Gasteiger partial charge >= 0.3 is 0 Å². The molecule has 10 heteroatoms. The molecule has 2 fully saturated rings. The van der Waals surface area contributed by atoms with Gasteiger partial charge in [-0.15, -0.1) is 0 Å². The zero-order valence-electron chi connectivity index (χ0n) is 20.2. The molecule has 2 aromatic heterocycles. The van der Waals surface area contributed by atoms with Gasteiger partial charge in [0.25, 0.3) is 5.91 Å². The van der Waals surface area contributed by atoms with Crippen LogP contribution in [0.5, 0.6) is 0 Å². The third kappa shape index (κ3) is 4.35. The second-order valence-corrected chi connectivity index (χ2v) is 10.8. The lowest BCUT2D eigenvalue weighted by molar-refractivity contribution is 0.0303. The molecule has 1 N–H and O–H groups in total. The summed E-state index contributed by atoms with van der Waals surface area (Å²) >= 11 is 0. The molecule has 6 rings (SSSR count). The highest BCUT2D eigenvalue weighted by atomic mass is 32.2. The maximum atomic E-state index is 14.6. The van der Waals surface area contributed by atoms with Crippen molar-refractivity contribution < 1.29 is 23.2 Å². The summed E-state index contributed by atoms with van der Waals surface area (Å²) in [7, 11) is -1.28. The van der Waals surface area contributed by atoms with Crippen LogP contribution in [0.3, 0.4) is 0 Å². The van der Waals surface area contributed by atoms with E-state index in [1.807, 2.05) is 0 Å². The molecular weight excluding hydrogens is 495 g/mol. The molecule has 8 nitrogen and oxygen atoms in total. The van der Waals surface area contributed by atoms with E-state index in [0.29, 0.717) is 77.8 Å². The van der Waals surface area contributed by atoms with E-state index in [-0.39, 0.29) is 5.91 Å². The Bertz CT molecular complexity index is 1540. The van der Waals surface area contributed by atoms with Crippen molar-refractivity contribution in [3.05, 3.63) is 71.9 Å². The van der Waals surface area contributed by atoms with Crippen LogP contribution in [0.1, 0.15) is 28.8 Å². The second kappa shape index (κ2) is 9.13. The van der Waals surface area contributed by atoms with Crippen LogP contribution in [-0.2, 0) is 21.1 Å². The zero-order valence-corrected chi connectivity index (χ0v) is 21.0. The number of hydrogen-bond acceptors (Lipinski definition) is 6. The number of morpholine rings is 1. The van der Waals surface area contributed by atoms with Gasteiger partial charge in [0.2, 0.25) is 5.95 Å². The molecule has 1 unspecified atom stereocenters. The maximum absolute atomic E-state index is 14.6. The number of halogens is 1. The van der Waals surface area contributed by atoms with Crippen molar-refractivity contribution in [2.45, 2.75) is 23.3 Å². The molecule has 190 valence electrons. The highest BCUT2D eigenvalue weighted by Crippen LogP contribution is 2.46. The van der Waals surface area contributed by atoms with Gasteiger partial charge < -0.3 is 14.7 Å². The Morgan fingerprint density at radius 3 is 2.51 bits per heavy atom. The number of fused-ring (bicyclic) bond motifs is 1. The number of nitrogens with zero attached hydrogens (tertiary/aromatic N) is 4. The summed E-state index contributed by atoms with van der Waals surface area (Å²) in [5, 5.41) is 11.2. The van der Waals surface area contributed by atoms with Gasteiger partial charge in [-0.25, -0.2) is 14.4 Å². The highest BCUT2D eigenvalue weighted by Gasteiger charge is 2.42. The average Bonchev–Trinajstić information content (AvgIpc) is 3.56. The normalized spacial score (nSPS) is 17.6. The Labute approximate surface area is 215 Å². The highest BCUT2D eigenvalue weighted by molar-refractivity contribution is 7.84. The number of amides is 1. The Hall–Kier alpha value is -3.47. The smallest absolute Gasteiger partial charge is 0.254 e. The fourth-order valence-electron chi connectivity index (χ4n) is 4.70. The van der Waals surface area contributed by atoms with Crippen LogP contribution in [0.25, 0.3) is 28.0 Å². The molecule has 1 aliphatic heterocycles. The Morgan fingerprint density at radius 2 is 1.84 bits per heavy atom. The number of carbonyl (C=O) groups is 1. The van der Waals surface area contributed by atoms with Crippen LogP contribution < -0.4 is 0 Å². The lowest BCUT2D eigenvalue weighted by atomic mass is 10.0. The quantitative estimate of drug-likeness (QED) is 0.433. The van der Waals surface area contributed by atoms with E-state index in [1.165, 1.54) is 18.5 Å². The van der Waals surface area contributed by atoms with Gasteiger partial charge in [-0.3, -0.25) is 13.6 Å². The SMILES string of the molecule is CS(=O)c1cn(-c2ncc(-c3cc(C4(O)CC4)ccc3F)cn2)c2cc(C(=O)N3CCOCC3)ccc12. The van der Waals surface area contributed by atoms with Crippen LogP contribution in [0, 0.1) is 5.82 Å². The first kappa shape index (κ1) is 23.9. The average molecular weight is 521 g/mol. The van der Waals surface area contributed by atoms with Crippen molar-refractivity contribution in [3.8, 4) is 17.1 Å². The largest absolute Gasteiger partial charge is 0.385 e. The molecular formula is C27H25FN4O4S. The Kier molecular flexibility index (Phi) is 5.89. The third-order valence-electron chi connectivity index (χ3n) is 7.02. The molecule has 2 aliphatic rings. The molecule has 4 aromatic rings. The lowest BCUT2D eigenvalue weighted by Gasteiger charge is -2.26. The number of benzene rings is 2. The predicted octanol–water partition coefficient (Wildman–Crippen LogP) is 3.42. The first-order chi connectivity index (χ1) is 17.8. The summed E-state index contributed by atoms with van der Waals surface area (Å²) in [5.74, 6) is -0.217. The van der Waals surface area contributed by atoms with Crippen LogP contribution in [0.15, 0.2) is 59.9 Å². The van der Waals surface area contributed by atoms with Gasteiger partial charge in [-0.2, -0.15) is 0 Å². The molecule has 1 atom stereocenters. The molecule has 37 heavy (non-hydrogen) atoms. The number of carbonyl (C=O) groups excluding carboxylic acids is 1. The standard InChI is InChI=1S/C27H25FN4O4S/c1-37(35)24-16-32(23-12-17(2-4-20(23)24)25(33)31-8-10-36-11-9-31)26-29-14-18(15-30-26)21-13-19(3-5-22(21)28)27(34)6-7-27/h2-5,12-16,34H,6-11H2,1H3. The molecule has 1 saturated heterocycles. The van der Waals surface area contributed by atoms with Crippen molar-refractivity contribution in [1.29, 1.82) is 0 Å². The van der Waals surface area contributed by atoms with Gasteiger partial charge in [0, 0.05) is 60.0 Å². The number of rotatable bonds is 5. The third-order valence-corrected chi connectivity index (χ3v) is 7.96. The van der Waals surface area contributed by atoms with Crippen molar-refractivity contribution >= 4 is 27.6 Å². The summed E-state index contributed by atoms with van der Waals surface area (Å²) < 4.78 is 34.2. The van der Waals surface area contributed by atoms with Gasteiger partial charge in [-0.05, 0) is 42.7 Å². The Morgan fingerprint density at radius 1 is 1.11 bits per heavy atom. The molecule has 1 amide bonds. The van der Waals surface area contributed by atoms with E-state index in [9.17, 15) is 18.5 Å². The second-order valence-electron chi connectivity index (χ2n) is 9.45. The monoisotopic (exact) mass is 520 g/mol. The summed E-state index contributed by atoms with van der Waals surface area (Å²) in [6.45, 7) is 2.07. The molecule has 0 radical (unpaired) electrons. The number of ether oxygens (including phenoxy) is 1. The molecule has 0 bridgehead atoms. The van der Waals surface area contributed by atoms with Crippen molar-refractivity contribution in [3.63, 3.8) is 0 Å². The van der Waals surface area contributed by atoms with E-state index in [4.69, 9.17) is 4.74 Å². The van der Waals surface area contributed by atoms with Gasteiger partial charge in [0.1, 0.15) is 5.82 Å². The van der Waals surface area contributed by atoms with E-state index < -0.39 is 22.2 Å². The molecule has 1 aliphatic carbocycles. The van der Waals surface area contributed by atoms with Crippen LogP contribution in [-0.4, -0.2) is 67.2 Å². The summed E-state index contributed by atoms with van der Waals surface area (Å²) in [5.41, 5.74) is 1.76. The van der Waals surface area contributed by atoms with Gasteiger partial charge in [0.05, 0.1) is 40.0 Å². The lowest BCUT2D eigenvalue weighted by Crippen LogP contribution is -2.40. The Balaban J connectivity index is 1.39. The minimum Gasteiger partial charge on any atom is -0.385 e. The zero-order chi connectivity index (χ0) is 25.7. The summed E-state index contributed by atoms with van der Waals surface area (Å²) in [6.07, 6.45) is 7.68. The number of hydrogen-bond donors (Lipinski definition) is 1. The molecule has 3 heterocycles. The minimum absolute atomic E-state index is 0.0962. The molecule has 1 saturated carbocycles. The molecule has 0 spiro atoms. The molecule has 2 aromatic carbocycles. The number of aromatic nitrogens is 3. The number of aliphatic hydroxyl groups is 1. The fraction of sp³-hybridized carbons (Fsp3) is 0.296. The predicted molar refractivity (Wildman–Crippen MR) is 136 cm³/mol. The van der Waals surface area contributed by atoms with E-state index in [2.05, 4.69) is 9.97 Å². The van der Waals surface area contributed by atoms with E-state index in [1.54, 1.807) is 52.3 Å². The van der Waals surface area contributed by atoms with Gasteiger partial charge in [-0.1, -0.05) is 12.1 Å². The summed E-state index contributed by atoms with van der Waals surface area (Å²) in [4.78, 5) is 24.4. The first-order valence-corrected chi connectivity index (χ1v) is 13.6. The van der Waals surface area contributed by atoms with Crippen LogP contribution in [0.4, 0.5) is 4.39 Å². The van der Waals surface area contributed by atoms with Crippen molar-refractivity contribution in [2.24, 2.45) is 0 Å². The maximum Gasteiger partial charge on any atom is 0.254 e. The van der Waals surface area contributed by atoms with E-state index in [0.717, 1.165) is 5.39 Å². The summed E-state index contributed by atoms with van der Waals surface area (Å²) in [6, 6.07) is 9.91. The van der Waals surface area contributed by atoms with E-state index >= 15 is 0 Å². The first-order valence-electron chi connectivity index (χ1n) is 12.0. The van der Waals surface area contributed by atoms with Crippen LogP contribution in [0.2, 0.25) is 0 Å². The topological polar surface area (TPSA) is 97.6 Å². The van der Waals surface area contributed by atoms with Crippen molar-refractivity contribution in [1.82, 2.24) is 19.4 Å². The van der Waals surface area contributed by atoms with Crippen LogP contribution >= 0.6 is 0 Å². The minimum atomic E-state index is -1.28. The van der Waals surface area contributed by atoms with Gasteiger partial charge in [0.15, 0.2) is 0 Å². The van der Waals surface area contributed by atoms with Crippen molar-refractivity contribution in [2.75, 3.05) is 32.6 Å².